The molecule has 1 aromatic rings. The SMILES string of the molecule is Cc1cc(CN)ccc1S(=O)(=O)N1CCC(C)(O)C1. The summed E-state index contributed by atoms with van der Waals surface area (Å²) in [5.41, 5.74) is 6.21. The monoisotopic (exact) mass is 284 g/mol. The summed E-state index contributed by atoms with van der Waals surface area (Å²) in [5.74, 6) is 0. The highest BCUT2D eigenvalue weighted by atomic mass is 32.2. The van der Waals surface area contributed by atoms with Crippen molar-refractivity contribution < 1.29 is 13.5 Å². The highest BCUT2D eigenvalue weighted by Crippen LogP contribution is 2.28. The van der Waals surface area contributed by atoms with Crippen molar-refractivity contribution in [3.63, 3.8) is 0 Å². The highest BCUT2D eigenvalue weighted by molar-refractivity contribution is 7.89. The molecule has 1 aliphatic heterocycles. The van der Waals surface area contributed by atoms with E-state index in [1.165, 1.54) is 4.31 Å². The molecule has 5 nitrogen and oxygen atoms in total. The minimum atomic E-state index is -3.53. The van der Waals surface area contributed by atoms with Crippen molar-refractivity contribution in [2.45, 2.75) is 37.3 Å². The summed E-state index contributed by atoms with van der Waals surface area (Å²) in [7, 11) is -3.53. The van der Waals surface area contributed by atoms with Crippen molar-refractivity contribution in [1.29, 1.82) is 0 Å². The van der Waals surface area contributed by atoms with Crippen LogP contribution in [0, 0.1) is 6.92 Å². The molecule has 0 aromatic heterocycles. The van der Waals surface area contributed by atoms with Gasteiger partial charge in [-0.2, -0.15) is 4.31 Å². The zero-order valence-corrected chi connectivity index (χ0v) is 12.1. The standard InChI is InChI=1S/C13H20N2O3S/c1-10-7-11(8-14)3-4-12(10)19(17,18)15-6-5-13(2,16)9-15/h3-4,7,16H,5-6,8-9,14H2,1-2H3. The summed E-state index contributed by atoms with van der Waals surface area (Å²) in [6, 6.07) is 5.12. The predicted molar refractivity (Wildman–Crippen MR) is 73.1 cm³/mol. The second kappa shape index (κ2) is 4.86. The first-order valence-corrected chi connectivity index (χ1v) is 7.72. The minimum Gasteiger partial charge on any atom is -0.389 e. The van der Waals surface area contributed by atoms with Crippen LogP contribution >= 0.6 is 0 Å². The Morgan fingerprint density at radius 1 is 1.47 bits per heavy atom. The Labute approximate surface area is 114 Å². The van der Waals surface area contributed by atoms with E-state index >= 15 is 0 Å². The minimum absolute atomic E-state index is 0.146. The van der Waals surface area contributed by atoms with Crippen LogP contribution in [0.25, 0.3) is 0 Å². The van der Waals surface area contributed by atoms with Gasteiger partial charge in [0.1, 0.15) is 0 Å². The summed E-state index contributed by atoms with van der Waals surface area (Å²) in [6.07, 6.45) is 0.464. The summed E-state index contributed by atoms with van der Waals surface area (Å²) >= 11 is 0. The van der Waals surface area contributed by atoms with E-state index in [1.807, 2.05) is 0 Å². The van der Waals surface area contributed by atoms with E-state index in [9.17, 15) is 13.5 Å². The van der Waals surface area contributed by atoms with Crippen LogP contribution < -0.4 is 5.73 Å². The van der Waals surface area contributed by atoms with Crippen molar-refractivity contribution in [1.82, 2.24) is 4.31 Å². The largest absolute Gasteiger partial charge is 0.389 e. The number of nitrogens with zero attached hydrogens (tertiary/aromatic N) is 1. The lowest BCUT2D eigenvalue weighted by molar-refractivity contribution is 0.0762. The van der Waals surface area contributed by atoms with Gasteiger partial charge in [0.05, 0.1) is 10.5 Å². The van der Waals surface area contributed by atoms with Gasteiger partial charge in [0.2, 0.25) is 10.0 Å². The first-order chi connectivity index (χ1) is 8.76. The lowest BCUT2D eigenvalue weighted by atomic mass is 10.1. The maximum absolute atomic E-state index is 12.5. The second-order valence-corrected chi connectivity index (χ2v) is 7.30. The topological polar surface area (TPSA) is 83.6 Å². The number of hydrogen-bond acceptors (Lipinski definition) is 4. The van der Waals surface area contributed by atoms with E-state index in [2.05, 4.69) is 0 Å². The smallest absolute Gasteiger partial charge is 0.243 e. The average Bonchev–Trinajstić information content (AvgIpc) is 2.69. The molecule has 0 aliphatic carbocycles. The Balaban J connectivity index is 2.35. The van der Waals surface area contributed by atoms with Crippen molar-refractivity contribution in [3.05, 3.63) is 29.3 Å². The lowest BCUT2D eigenvalue weighted by Crippen LogP contribution is -2.34. The maximum Gasteiger partial charge on any atom is 0.243 e. The Kier molecular flexibility index (Phi) is 3.70. The van der Waals surface area contributed by atoms with Crippen LogP contribution in [0.5, 0.6) is 0 Å². The number of aliphatic hydroxyl groups is 1. The van der Waals surface area contributed by atoms with Gasteiger partial charge in [-0.15, -0.1) is 0 Å². The molecule has 2 rings (SSSR count). The van der Waals surface area contributed by atoms with Crippen LogP contribution in [0.15, 0.2) is 23.1 Å². The summed E-state index contributed by atoms with van der Waals surface area (Å²) in [4.78, 5) is 0.294. The van der Waals surface area contributed by atoms with Gasteiger partial charge in [-0.1, -0.05) is 12.1 Å². The molecule has 0 saturated carbocycles. The zero-order valence-electron chi connectivity index (χ0n) is 11.3. The molecule has 1 heterocycles. The molecular formula is C13H20N2O3S. The summed E-state index contributed by atoms with van der Waals surface area (Å²) < 4.78 is 26.4. The fourth-order valence-electron chi connectivity index (χ4n) is 2.38. The van der Waals surface area contributed by atoms with Crippen LogP contribution in [-0.4, -0.2) is 36.5 Å². The molecule has 106 valence electrons. The normalized spacial score (nSPS) is 24.8. The van der Waals surface area contributed by atoms with Crippen molar-refractivity contribution in [2.24, 2.45) is 5.73 Å². The molecule has 3 N–H and O–H groups in total. The quantitative estimate of drug-likeness (QED) is 0.851. The first-order valence-electron chi connectivity index (χ1n) is 6.28. The molecule has 1 unspecified atom stereocenters. The fourth-order valence-corrected chi connectivity index (χ4v) is 4.14. The number of nitrogens with two attached hydrogens (primary N) is 1. The van der Waals surface area contributed by atoms with E-state index in [1.54, 1.807) is 32.0 Å². The third kappa shape index (κ3) is 2.81. The van der Waals surface area contributed by atoms with Crippen molar-refractivity contribution >= 4 is 10.0 Å². The van der Waals surface area contributed by atoms with Crippen LogP contribution in [0.4, 0.5) is 0 Å². The van der Waals surface area contributed by atoms with Gasteiger partial charge >= 0.3 is 0 Å². The molecule has 6 heteroatoms. The number of sulfonamides is 1. The number of rotatable bonds is 3. The van der Waals surface area contributed by atoms with Crippen molar-refractivity contribution in [3.8, 4) is 0 Å². The Hall–Kier alpha value is -0.950. The van der Waals surface area contributed by atoms with Gasteiger partial charge in [0.25, 0.3) is 0 Å². The predicted octanol–water partition coefficient (Wildman–Crippen LogP) is 0.599. The number of benzene rings is 1. The van der Waals surface area contributed by atoms with E-state index in [-0.39, 0.29) is 6.54 Å². The number of hydrogen-bond donors (Lipinski definition) is 2. The van der Waals surface area contributed by atoms with E-state index in [0.717, 1.165) is 5.56 Å². The molecule has 19 heavy (non-hydrogen) atoms. The number of β-amino-alcohol motifs (C(OH)–C–C–N with tert-alkyl or cyclic N) is 1. The Bertz CT molecular complexity index is 582. The van der Waals surface area contributed by atoms with E-state index in [0.29, 0.717) is 30.0 Å². The van der Waals surface area contributed by atoms with E-state index < -0.39 is 15.6 Å². The number of aryl methyl sites for hydroxylation is 1. The first kappa shape index (κ1) is 14.5. The molecule has 0 bridgehead atoms. The third-order valence-electron chi connectivity index (χ3n) is 3.51. The van der Waals surface area contributed by atoms with Crippen molar-refractivity contribution in [2.75, 3.05) is 13.1 Å². The van der Waals surface area contributed by atoms with Gasteiger partial charge in [-0.05, 0) is 37.5 Å². The van der Waals surface area contributed by atoms with Gasteiger partial charge in [-0.3, -0.25) is 0 Å². The van der Waals surface area contributed by atoms with Gasteiger partial charge in [-0.25, -0.2) is 8.42 Å². The molecule has 0 amide bonds. The third-order valence-corrected chi connectivity index (χ3v) is 5.52. The van der Waals surface area contributed by atoms with Gasteiger partial charge < -0.3 is 10.8 Å². The molecule has 0 radical (unpaired) electrons. The van der Waals surface area contributed by atoms with E-state index in [4.69, 9.17) is 5.73 Å². The molecule has 0 spiro atoms. The average molecular weight is 284 g/mol. The maximum atomic E-state index is 12.5. The van der Waals surface area contributed by atoms with Crippen LogP contribution in [0.2, 0.25) is 0 Å². The van der Waals surface area contributed by atoms with Gasteiger partial charge in [0, 0.05) is 19.6 Å². The Morgan fingerprint density at radius 2 is 2.16 bits per heavy atom. The second-order valence-electron chi connectivity index (χ2n) is 5.39. The lowest BCUT2D eigenvalue weighted by Gasteiger charge is -2.20. The fraction of sp³-hybridized carbons (Fsp3) is 0.538. The molecule has 1 fully saturated rings. The molecule has 1 aromatic carbocycles. The van der Waals surface area contributed by atoms with Crippen LogP contribution in [0.1, 0.15) is 24.5 Å². The summed E-state index contributed by atoms with van der Waals surface area (Å²) in [6.45, 7) is 4.31. The molecule has 1 aliphatic rings. The zero-order chi connectivity index (χ0) is 14.3. The van der Waals surface area contributed by atoms with Crippen LogP contribution in [-0.2, 0) is 16.6 Å². The summed E-state index contributed by atoms with van der Waals surface area (Å²) in [5, 5.41) is 9.90. The Morgan fingerprint density at radius 3 is 2.63 bits per heavy atom. The molecule has 1 saturated heterocycles. The molecule has 1 atom stereocenters. The highest BCUT2D eigenvalue weighted by Gasteiger charge is 2.38. The van der Waals surface area contributed by atoms with Crippen LogP contribution in [0.3, 0.4) is 0 Å². The molecular weight excluding hydrogens is 264 g/mol. The van der Waals surface area contributed by atoms with Gasteiger partial charge in [0.15, 0.2) is 0 Å².